The summed E-state index contributed by atoms with van der Waals surface area (Å²) in [4.78, 5) is 34.0. The van der Waals surface area contributed by atoms with E-state index in [1.807, 2.05) is 0 Å². The molecular weight excluding hydrogens is 336 g/mol. The van der Waals surface area contributed by atoms with Gasteiger partial charge in [-0.25, -0.2) is 0 Å². The Bertz CT molecular complexity index is 394. The Kier molecular flexibility index (Phi) is 15.8. The molecule has 0 aliphatic carbocycles. The van der Waals surface area contributed by atoms with Gasteiger partial charge in [-0.2, -0.15) is 0 Å². The second-order valence-corrected chi connectivity index (χ2v) is 6.63. The molecule has 1 atom stereocenters. The second-order valence-electron chi connectivity index (χ2n) is 6.63. The van der Waals surface area contributed by atoms with Crippen LogP contribution in [0.25, 0.3) is 0 Å². The lowest BCUT2D eigenvalue weighted by atomic mass is 9.95. The van der Waals surface area contributed by atoms with Gasteiger partial charge < -0.3 is 14.2 Å². The van der Waals surface area contributed by atoms with Crippen molar-refractivity contribution in [1.29, 1.82) is 0 Å². The number of rotatable bonds is 16. The van der Waals surface area contributed by atoms with Gasteiger partial charge in [0.2, 0.25) is 0 Å². The summed E-state index contributed by atoms with van der Waals surface area (Å²) in [6, 6.07) is 0. The lowest BCUT2D eigenvalue weighted by Gasteiger charge is -2.13. The standard InChI is InChI=1S/C20H36O6/c1-24-18(21)14-12-10-8-6-4-5-7-9-11-13-17(20(23)26-3)15-16-19(22)25-2/h17H,4-16H2,1-3H3. The predicted molar refractivity (Wildman–Crippen MR) is 99.6 cm³/mol. The average molecular weight is 373 g/mol. The highest BCUT2D eigenvalue weighted by molar-refractivity contribution is 5.74. The van der Waals surface area contributed by atoms with Crippen LogP contribution < -0.4 is 0 Å². The van der Waals surface area contributed by atoms with Crippen LogP contribution in [0.4, 0.5) is 0 Å². The van der Waals surface area contributed by atoms with E-state index in [2.05, 4.69) is 9.47 Å². The van der Waals surface area contributed by atoms with Crippen molar-refractivity contribution in [3.05, 3.63) is 0 Å². The maximum atomic E-state index is 11.8. The van der Waals surface area contributed by atoms with E-state index in [0.29, 0.717) is 12.8 Å². The molecule has 0 rings (SSSR count). The van der Waals surface area contributed by atoms with Crippen molar-refractivity contribution in [3.8, 4) is 0 Å². The Morgan fingerprint density at radius 1 is 0.577 bits per heavy atom. The maximum absolute atomic E-state index is 11.8. The normalized spacial score (nSPS) is 11.7. The van der Waals surface area contributed by atoms with Gasteiger partial charge in [-0.15, -0.1) is 0 Å². The van der Waals surface area contributed by atoms with Crippen molar-refractivity contribution in [2.24, 2.45) is 5.92 Å². The lowest BCUT2D eigenvalue weighted by Crippen LogP contribution is -2.18. The monoisotopic (exact) mass is 372 g/mol. The molecule has 0 aromatic carbocycles. The van der Waals surface area contributed by atoms with E-state index < -0.39 is 0 Å². The van der Waals surface area contributed by atoms with Crippen LogP contribution in [0.5, 0.6) is 0 Å². The topological polar surface area (TPSA) is 78.9 Å². The first-order chi connectivity index (χ1) is 12.5. The molecule has 0 aliphatic rings. The maximum Gasteiger partial charge on any atom is 0.308 e. The number of carbonyl (C=O) groups excluding carboxylic acids is 3. The number of methoxy groups -OCH3 is 3. The molecule has 0 heterocycles. The molecule has 152 valence electrons. The molecular formula is C20H36O6. The third-order valence-corrected chi connectivity index (χ3v) is 4.62. The van der Waals surface area contributed by atoms with Crippen LogP contribution in [0.2, 0.25) is 0 Å². The molecule has 1 unspecified atom stereocenters. The summed E-state index contributed by atoms with van der Waals surface area (Å²) in [5.41, 5.74) is 0. The highest BCUT2D eigenvalue weighted by Gasteiger charge is 2.20. The van der Waals surface area contributed by atoms with Gasteiger partial charge in [-0.3, -0.25) is 14.4 Å². The van der Waals surface area contributed by atoms with Crippen molar-refractivity contribution in [1.82, 2.24) is 0 Å². The van der Waals surface area contributed by atoms with Crippen LogP contribution in [0, 0.1) is 5.92 Å². The molecule has 0 N–H and O–H groups in total. The van der Waals surface area contributed by atoms with E-state index in [9.17, 15) is 14.4 Å². The highest BCUT2D eigenvalue weighted by atomic mass is 16.5. The first kappa shape index (κ1) is 24.4. The smallest absolute Gasteiger partial charge is 0.308 e. The summed E-state index contributed by atoms with van der Waals surface area (Å²) in [6.07, 6.45) is 12.0. The summed E-state index contributed by atoms with van der Waals surface area (Å²) < 4.78 is 14.1. The van der Waals surface area contributed by atoms with Gasteiger partial charge in [0.15, 0.2) is 0 Å². The van der Waals surface area contributed by atoms with Gasteiger partial charge in [0.1, 0.15) is 0 Å². The summed E-state index contributed by atoms with van der Waals surface area (Å²) >= 11 is 0. The minimum atomic E-state index is -0.287. The first-order valence-corrected chi connectivity index (χ1v) is 9.76. The van der Waals surface area contributed by atoms with E-state index in [1.54, 1.807) is 0 Å². The molecule has 0 aromatic heterocycles. The second kappa shape index (κ2) is 16.9. The van der Waals surface area contributed by atoms with Gasteiger partial charge >= 0.3 is 17.9 Å². The Labute approximate surface area is 157 Å². The minimum Gasteiger partial charge on any atom is -0.469 e. The highest BCUT2D eigenvalue weighted by Crippen LogP contribution is 2.19. The molecule has 6 nitrogen and oxygen atoms in total. The number of ether oxygens (including phenoxy) is 3. The molecule has 0 bridgehead atoms. The fourth-order valence-corrected chi connectivity index (χ4v) is 2.94. The van der Waals surface area contributed by atoms with E-state index in [0.717, 1.165) is 44.9 Å². The zero-order valence-electron chi connectivity index (χ0n) is 16.7. The molecule has 0 saturated heterocycles. The van der Waals surface area contributed by atoms with Crippen molar-refractivity contribution >= 4 is 17.9 Å². The molecule has 0 aromatic rings. The van der Waals surface area contributed by atoms with Crippen molar-refractivity contribution < 1.29 is 28.6 Å². The number of hydrogen-bond acceptors (Lipinski definition) is 6. The van der Waals surface area contributed by atoms with E-state index in [-0.39, 0.29) is 30.2 Å². The van der Waals surface area contributed by atoms with Crippen molar-refractivity contribution in [2.75, 3.05) is 21.3 Å². The number of hydrogen-bond donors (Lipinski definition) is 0. The van der Waals surface area contributed by atoms with Gasteiger partial charge in [0.25, 0.3) is 0 Å². The quantitative estimate of drug-likeness (QED) is 0.230. The molecule has 26 heavy (non-hydrogen) atoms. The third-order valence-electron chi connectivity index (χ3n) is 4.62. The summed E-state index contributed by atoms with van der Waals surface area (Å²) in [6.45, 7) is 0. The Hall–Kier alpha value is -1.59. The molecule has 0 spiro atoms. The van der Waals surface area contributed by atoms with Crippen LogP contribution in [0.3, 0.4) is 0 Å². The lowest BCUT2D eigenvalue weighted by molar-refractivity contribution is -0.147. The van der Waals surface area contributed by atoms with Crippen molar-refractivity contribution in [3.63, 3.8) is 0 Å². The fraction of sp³-hybridized carbons (Fsp3) is 0.850. The predicted octanol–water partition coefficient (Wildman–Crippen LogP) is 4.19. The SMILES string of the molecule is COC(=O)CCCCCCCCCCCC(CCC(=O)OC)C(=O)OC. The summed E-state index contributed by atoms with van der Waals surface area (Å²) in [5.74, 6) is -0.859. The molecule has 0 fully saturated rings. The van der Waals surface area contributed by atoms with Gasteiger partial charge in [-0.05, 0) is 19.3 Å². The van der Waals surface area contributed by atoms with Gasteiger partial charge in [0.05, 0.1) is 27.2 Å². The zero-order chi connectivity index (χ0) is 19.6. The molecule has 6 heteroatoms. The fourth-order valence-electron chi connectivity index (χ4n) is 2.94. The van der Waals surface area contributed by atoms with Gasteiger partial charge in [-0.1, -0.05) is 51.4 Å². The number of carbonyl (C=O) groups is 3. The number of esters is 3. The Morgan fingerprint density at radius 2 is 1.04 bits per heavy atom. The largest absolute Gasteiger partial charge is 0.469 e. The number of unbranched alkanes of at least 4 members (excludes halogenated alkanes) is 8. The minimum absolute atomic E-state index is 0.123. The molecule has 0 radical (unpaired) electrons. The van der Waals surface area contributed by atoms with Crippen LogP contribution in [0.15, 0.2) is 0 Å². The van der Waals surface area contributed by atoms with Crippen molar-refractivity contribution in [2.45, 2.75) is 83.5 Å². The first-order valence-electron chi connectivity index (χ1n) is 9.76. The summed E-state index contributed by atoms with van der Waals surface area (Å²) in [5, 5.41) is 0. The zero-order valence-corrected chi connectivity index (χ0v) is 16.7. The molecule has 0 saturated carbocycles. The van der Waals surface area contributed by atoms with Crippen LogP contribution >= 0.6 is 0 Å². The third kappa shape index (κ3) is 13.7. The van der Waals surface area contributed by atoms with E-state index >= 15 is 0 Å². The summed E-state index contributed by atoms with van der Waals surface area (Å²) in [7, 11) is 4.17. The Balaban J connectivity index is 3.61. The van der Waals surface area contributed by atoms with Crippen LogP contribution in [0.1, 0.15) is 83.5 Å². The Morgan fingerprint density at radius 3 is 1.54 bits per heavy atom. The van der Waals surface area contributed by atoms with E-state index in [1.165, 1.54) is 40.6 Å². The van der Waals surface area contributed by atoms with Crippen LogP contribution in [-0.2, 0) is 28.6 Å². The van der Waals surface area contributed by atoms with Gasteiger partial charge in [0, 0.05) is 12.8 Å². The van der Waals surface area contributed by atoms with Crippen LogP contribution in [-0.4, -0.2) is 39.2 Å². The average Bonchev–Trinajstić information content (AvgIpc) is 2.66. The molecule has 0 aliphatic heterocycles. The molecule has 0 amide bonds. The van der Waals surface area contributed by atoms with E-state index in [4.69, 9.17) is 4.74 Å².